The van der Waals surface area contributed by atoms with E-state index in [1.54, 1.807) is 47.9 Å². The molecule has 1 heterocycles. The molecule has 0 aliphatic rings. The van der Waals surface area contributed by atoms with Crippen LogP contribution in [-0.2, 0) is 6.61 Å². The first-order valence-electron chi connectivity index (χ1n) is 7.55. The number of amides is 1. The summed E-state index contributed by atoms with van der Waals surface area (Å²) in [6.07, 6.45) is 1.61. The zero-order valence-electron chi connectivity index (χ0n) is 13.2. The van der Waals surface area contributed by atoms with Gasteiger partial charge < -0.3 is 4.74 Å². The minimum absolute atomic E-state index is 0.320. The molecule has 0 spiro atoms. The van der Waals surface area contributed by atoms with Crippen LogP contribution in [0.3, 0.4) is 0 Å². The first-order valence-corrected chi connectivity index (χ1v) is 8.81. The molecule has 2 aromatic carbocycles. The molecule has 0 aliphatic carbocycles. The van der Waals surface area contributed by atoms with E-state index in [1.165, 1.54) is 0 Å². The topological polar surface area (TPSA) is 50.7 Å². The van der Waals surface area contributed by atoms with Gasteiger partial charge >= 0.3 is 0 Å². The summed E-state index contributed by atoms with van der Waals surface area (Å²) in [5.41, 5.74) is 3.92. The lowest BCUT2D eigenvalue weighted by Crippen LogP contribution is -2.18. The molecular weight excluding hydrogens is 356 g/mol. The van der Waals surface area contributed by atoms with Crippen molar-refractivity contribution in [3.05, 3.63) is 87.1 Å². The first kappa shape index (κ1) is 17.2. The number of carbonyl (C=O) groups is 1. The fourth-order valence-electron chi connectivity index (χ4n) is 2.10. The number of halogens is 1. The number of ether oxygens (including phenoxy) is 1. The van der Waals surface area contributed by atoms with Gasteiger partial charge in [-0.15, -0.1) is 11.3 Å². The summed E-state index contributed by atoms with van der Waals surface area (Å²) in [7, 11) is 0. The van der Waals surface area contributed by atoms with Crippen molar-refractivity contribution in [3.8, 4) is 5.75 Å². The van der Waals surface area contributed by atoms with Crippen molar-refractivity contribution in [1.82, 2.24) is 5.43 Å². The molecule has 0 saturated heterocycles. The van der Waals surface area contributed by atoms with Crippen molar-refractivity contribution in [2.24, 2.45) is 5.10 Å². The fraction of sp³-hybridized carbons (Fsp3) is 0.0526. The Morgan fingerprint density at radius 1 is 1.12 bits per heavy atom. The lowest BCUT2D eigenvalue weighted by Gasteiger charge is -2.10. The van der Waals surface area contributed by atoms with Crippen molar-refractivity contribution < 1.29 is 9.53 Å². The highest BCUT2D eigenvalue weighted by Gasteiger charge is 2.11. The maximum absolute atomic E-state index is 12.3. The van der Waals surface area contributed by atoms with E-state index in [-0.39, 0.29) is 5.91 Å². The number of hydrazone groups is 1. The van der Waals surface area contributed by atoms with Crippen LogP contribution in [0.4, 0.5) is 0 Å². The molecule has 126 valence electrons. The Kier molecular flexibility index (Phi) is 5.82. The van der Waals surface area contributed by atoms with Gasteiger partial charge in [-0.25, -0.2) is 5.43 Å². The summed E-state index contributed by atoms with van der Waals surface area (Å²) >= 11 is 7.42. The van der Waals surface area contributed by atoms with E-state index in [1.807, 2.05) is 35.7 Å². The Labute approximate surface area is 154 Å². The smallest absolute Gasteiger partial charge is 0.275 e. The summed E-state index contributed by atoms with van der Waals surface area (Å²) in [6.45, 7) is 0.347. The molecule has 0 unspecified atom stereocenters. The van der Waals surface area contributed by atoms with Crippen LogP contribution in [0.5, 0.6) is 5.75 Å². The van der Waals surface area contributed by atoms with E-state index < -0.39 is 0 Å². The molecule has 0 radical (unpaired) electrons. The Balaban J connectivity index is 1.65. The van der Waals surface area contributed by atoms with Gasteiger partial charge in [0.25, 0.3) is 5.91 Å². The van der Waals surface area contributed by atoms with E-state index in [9.17, 15) is 4.79 Å². The molecule has 0 fully saturated rings. The highest BCUT2D eigenvalue weighted by molar-refractivity contribution is 7.11. The van der Waals surface area contributed by atoms with Crippen molar-refractivity contribution in [3.63, 3.8) is 0 Å². The van der Waals surface area contributed by atoms with Crippen LogP contribution in [0.2, 0.25) is 5.02 Å². The van der Waals surface area contributed by atoms with Gasteiger partial charge in [0.2, 0.25) is 0 Å². The maximum Gasteiger partial charge on any atom is 0.275 e. The number of benzene rings is 2. The Bertz CT molecular complexity index is 861. The van der Waals surface area contributed by atoms with Gasteiger partial charge in [0.1, 0.15) is 12.4 Å². The number of rotatable bonds is 6. The predicted octanol–water partition coefficient (Wildman–Crippen LogP) is 4.74. The average molecular weight is 371 g/mol. The molecule has 1 amide bonds. The molecular formula is C19H15ClN2O2S. The fourth-order valence-corrected chi connectivity index (χ4v) is 2.81. The second-order valence-corrected chi connectivity index (χ2v) is 6.54. The zero-order chi connectivity index (χ0) is 17.5. The first-order chi connectivity index (χ1) is 12.2. The van der Waals surface area contributed by atoms with Crippen LogP contribution in [0.1, 0.15) is 20.8 Å². The van der Waals surface area contributed by atoms with Crippen LogP contribution in [0, 0.1) is 0 Å². The SMILES string of the molecule is O=C(NN=Cc1cccs1)c1ccccc1OCc1ccc(Cl)cc1. The van der Waals surface area contributed by atoms with Crippen molar-refractivity contribution in [2.45, 2.75) is 6.61 Å². The maximum atomic E-state index is 12.3. The van der Waals surface area contributed by atoms with Gasteiger partial charge in [-0.2, -0.15) is 5.10 Å². The van der Waals surface area contributed by atoms with Gasteiger partial charge in [-0.05, 0) is 41.3 Å². The number of thiophene rings is 1. The standard InChI is InChI=1S/C19H15ClN2O2S/c20-15-9-7-14(8-10-15)13-24-18-6-2-1-5-17(18)19(23)22-21-12-16-4-3-11-25-16/h1-12H,13H2,(H,22,23). The lowest BCUT2D eigenvalue weighted by atomic mass is 10.2. The monoisotopic (exact) mass is 370 g/mol. The van der Waals surface area contributed by atoms with Crippen LogP contribution < -0.4 is 10.2 Å². The predicted molar refractivity (Wildman–Crippen MR) is 102 cm³/mol. The summed E-state index contributed by atoms with van der Waals surface area (Å²) in [6, 6.07) is 18.3. The normalized spacial score (nSPS) is 10.8. The number of hydrogen-bond acceptors (Lipinski definition) is 4. The minimum atomic E-state index is -0.320. The molecule has 4 nitrogen and oxygen atoms in total. The van der Waals surface area contributed by atoms with E-state index >= 15 is 0 Å². The largest absolute Gasteiger partial charge is 0.488 e. The third-order valence-corrected chi connectivity index (χ3v) is 4.40. The second kappa shape index (κ2) is 8.46. The van der Waals surface area contributed by atoms with Crippen LogP contribution >= 0.6 is 22.9 Å². The summed E-state index contributed by atoms with van der Waals surface area (Å²) < 4.78 is 5.78. The number of carbonyl (C=O) groups excluding carboxylic acids is 1. The van der Waals surface area contributed by atoms with Crippen LogP contribution in [0.15, 0.2) is 71.1 Å². The molecule has 0 atom stereocenters. The number of para-hydroxylation sites is 1. The summed E-state index contributed by atoms with van der Waals surface area (Å²) in [4.78, 5) is 13.3. The number of hydrogen-bond donors (Lipinski definition) is 1. The minimum Gasteiger partial charge on any atom is -0.488 e. The van der Waals surface area contributed by atoms with Crippen molar-refractivity contribution >= 4 is 35.1 Å². The zero-order valence-corrected chi connectivity index (χ0v) is 14.8. The van der Waals surface area contributed by atoms with Crippen LogP contribution in [0.25, 0.3) is 0 Å². The molecule has 3 rings (SSSR count). The average Bonchev–Trinajstić information content (AvgIpc) is 3.15. The highest BCUT2D eigenvalue weighted by atomic mass is 35.5. The second-order valence-electron chi connectivity index (χ2n) is 5.13. The molecule has 0 aliphatic heterocycles. The number of nitrogens with zero attached hydrogens (tertiary/aromatic N) is 1. The molecule has 25 heavy (non-hydrogen) atoms. The summed E-state index contributed by atoms with van der Waals surface area (Å²) in [5.74, 6) is 0.181. The van der Waals surface area contributed by atoms with E-state index in [0.29, 0.717) is 22.9 Å². The van der Waals surface area contributed by atoms with Gasteiger partial charge in [0, 0.05) is 9.90 Å². The van der Waals surface area contributed by atoms with Crippen molar-refractivity contribution in [1.29, 1.82) is 0 Å². The van der Waals surface area contributed by atoms with Crippen LogP contribution in [-0.4, -0.2) is 12.1 Å². The molecule has 0 saturated carbocycles. The summed E-state index contributed by atoms with van der Waals surface area (Å²) in [5, 5.41) is 6.60. The Hall–Kier alpha value is -2.63. The Morgan fingerprint density at radius 3 is 2.68 bits per heavy atom. The molecule has 3 aromatic rings. The van der Waals surface area contributed by atoms with E-state index in [0.717, 1.165) is 10.4 Å². The third kappa shape index (κ3) is 4.92. The number of nitrogens with one attached hydrogen (secondary N) is 1. The molecule has 1 N–H and O–H groups in total. The quantitative estimate of drug-likeness (QED) is 0.503. The van der Waals surface area contributed by atoms with Gasteiger partial charge in [-0.1, -0.05) is 41.9 Å². The molecule has 6 heteroatoms. The lowest BCUT2D eigenvalue weighted by molar-refractivity contribution is 0.0950. The van der Waals surface area contributed by atoms with E-state index in [2.05, 4.69) is 10.5 Å². The van der Waals surface area contributed by atoms with E-state index in [4.69, 9.17) is 16.3 Å². The highest BCUT2D eigenvalue weighted by Crippen LogP contribution is 2.20. The third-order valence-electron chi connectivity index (χ3n) is 3.34. The van der Waals surface area contributed by atoms with Gasteiger partial charge in [-0.3, -0.25) is 4.79 Å². The molecule has 1 aromatic heterocycles. The van der Waals surface area contributed by atoms with Crippen molar-refractivity contribution in [2.75, 3.05) is 0 Å². The molecule has 0 bridgehead atoms. The Morgan fingerprint density at radius 2 is 1.92 bits per heavy atom. The van der Waals surface area contributed by atoms with Gasteiger partial charge in [0.15, 0.2) is 0 Å². The van der Waals surface area contributed by atoms with Gasteiger partial charge in [0.05, 0.1) is 11.8 Å².